The van der Waals surface area contributed by atoms with Gasteiger partial charge in [-0.25, -0.2) is 0 Å². The fourth-order valence-corrected chi connectivity index (χ4v) is 2.49. The smallest absolute Gasteiger partial charge is 0.221 e. The number of carbonyl (C=O) groups is 1. The van der Waals surface area contributed by atoms with Gasteiger partial charge in [-0.2, -0.15) is 0 Å². The maximum absolute atomic E-state index is 11.8. The van der Waals surface area contributed by atoms with Crippen LogP contribution in [0.4, 0.5) is 0 Å². The van der Waals surface area contributed by atoms with Crippen molar-refractivity contribution in [2.75, 3.05) is 6.54 Å². The second-order valence-electron chi connectivity index (χ2n) is 7.15. The van der Waals surface area contributed by atoms with E-state index in [0.717, 1.165) is 13.0 Å². The molecule has 0 aromatic rings. The van der Waals surface area contributed by atoms with Gasteiger partial charge in [0.25, 0.3) is 0 Å². The molecule has 0 aliphatic heterocycles. The molecule has 3 heteroatoms. The number of amides is 1. The molecule has 3 nitrogen and oxygen atoms in total. The third kappa shape index (κ3) is 7.37. The van der Waals surface area contributed by atoms with E-state index in [0.29, 0.717) is 12.5 Å². The molecule has 0 bridgehead atoms. The normalized spacial score (nSPS) is 17.0. The summed E-state index contributed by atoms with van der Waals surface area (Å²) in [5.41, 5.74) is 0.123. The summed E-state index contributed by atoms with van der Waals surface area (Å²) < 4.78 is 0. The zero-order valence-electron chi connectivity index (χ0n) is 12.0. The van der Waals surface area contributed by atoms with Crippen molar-refractivity contribution < 1.29 is 4.79 Å². The number of carbonyl (C=O) groups excluding carboxylic acids is 1. The molecular formula is C14H28N2O. The van der Waals surface area contributed by atoms with Crippen molar-refractivity contribution in [1.82, 2.24) is 10.6 Å². The highest BCUT2D eigenvalue weighted by Crippen LogP contribution is 2.26. The van der Waals surface area contributed by atoms with Gasteiger partial charge in [0.2, 0.25) is 5.91 Å². The Labute approximate surface area is 106 Å². The molecule has 0 aromatic heterocycles. The molecule has 0 saturated heterocycles. The number of hydrogen-bond acceptors (Lipinski definition) is 2. The third-order valence-corrected chi connectivity index (χ3v) is 2.81. The molecule has 100 valence electrons. The summed E-state index contributed by atoms with van der Waals surface area (Å²) >= 11 is 0. The summed E-state index contributed by atoms with van der Waals surface area (Å²) in [7, 11) is 0. The topological polar surface area (TPSA) is 41.1 Å². The summed E-state index contributed by atoms with van der Waals surface area (Å²) in [6, 6.07) is 0.686. The van der Waals surface area contributed by atoms with Crippen molar-refractivity contribution in [3.05, 3.63) is 0 Å². The van der Waals surface area contributed by atoms with E-state index < -0.39 is 0 Å². The van der Waals surface area contributed by atoms with Crippen LogP contribution in [0.5, 0.6) is 0 Å². The first-order chi connectivity index (χ1) is 7.68. The Balaban J connectivity index is 2.22. The average Bonchev–Trinajstić information content (AvgIpc) is 2.81. The molecule has 17 heavy (non-hydrogen) atoms. The molecule has 0 aromatic carbocycles. The summed E-state index contributed by atoms with van der Waals surface area (Å²) in [6.07, 6.45) is 4.13. The van der Waals surface area contributed by atoms with Crippen molar-refractivity contribution in [1.29, 1.82) is 0 Å². The Morgan fingerprint density at radius 1 is 1.18 bits per heavy atom. The first-order valence-electron chi connectivity index (χ1n) is 6.72. The van der Waals surface area contributed by atoms with Gasteiger partial charge in [0.15, 0.2) is 0 Å². The molecule has 1 rings (SSSR count). The Morgan fingerprint density at radius 2 is 1.76 bits per heavy atom. The molecule has 1 fully saturated rings. The van der Waals surface area contributed by atoms with E-state index in [4.69, 9.17) is 0 Å². The minimum absolute atomic E-state index is 0.116. The maximum atomic E-state index is 11.8. The second kappa shape index (κ2) is 5.38. The SMILES string of the molecule is CC(C)(C)CC(C)(C)NC(=O)CCNC1CC1. The minimum Gasteiger partial charge on any atom is -0.351 e. The van der Waals surface area contributed by atoms with Gasteiger partial charge in [-0.1, -0.05) is 20.8 Å². The predicted molar refractivity (Wildman–Crippen MR) is 71.9 cm³/mol. The molecule has 0 atom stereocenters. The summed E-state index contributed by atoms with van der Waals surface area (Å²) in [4.78, 5) is 11.8. The second-order valence-corrected chi connectivity index (χ2v) is 7.15. The molecule has 0 heterocycles. The Kier molecular flexibility index (Phi) is 4.59. The standard InChI is InChI=1S/C14H28N2O/c1-13(2,3)10-14(4,5)16-12(17)8-9-15-11-6-7-11/h11,15H,6-10H2,1-5H3,(H,16,17). The monoisotopic (exact) mass is 240 g/mol. The van der Waals surface area contributed by atoms with Crippen LogP contribution in [0.25, 0.3) is 0 Å². The molecule has 2 N–H and O–H groups in total. The van der Waals surface area contributed by atoms with Gasteiger partial charge < -0.3 is 10.6 Å². The highest BCUT2D eigenvalue weighted by atomic mass is 16.1. The number of rotatable bonds is 6. The molecule has 1 aliphatic rings. The van der Waals surface area contributed by atoms with Gasteiger partial charge in [0.1, 0.15) is 0 Å². The molecular weight excluding hydrogens is 212 g/mol. The largest absolute Gasteiger partial charge is 0.351 e. The van der Waals surface area contributed by atoms with Gasteiger partial charge >= 0.3 is 0 Å². The van der Waals surface area contributed by atoms with Crippen molar-refractivity contribution in [2.24, 2.45) is 5.41 Å². The fraction of sp³-hybridized carbons (Fsp3) is 0.929. The van der Waals surface area contributed by atoms with Gasteiger partial charge in [0.05, 0.1) is 0 Å². The highest BCUT2D eigenvalue weighted by molar-refractivity contribution is 5.76. The Bertz CT molecular complexity index is 262. The van der Waals surface area contributed by atoms with Crippen LogP contribution in [0.1, 0.15) is 60.3 Å². The molecule has 0 unspecified atom stereocenters. The van der Waals surface area contributed by atoms with E-state index >= 15 is 0 Å². The van der Waals surface area contributed by atoms with E-state index in [2.05, 4.69) is 45.3 Å². The van der Waals surface area contributed by atoms with Crippen molar-refractivity contribution in [2.45, 2.75) is 71.9 Å². The first-order valence-corrected chi connectivity index (χ1v) is 6.72. The van der Waals surface area contributed by atoms with Gasteiger partial charge in [-0.05, 0) is 38.5 Å². The Hall–Kier alpha value is -0.570. The zero-order valence-corrected chi connectivity index (χ0v) is 12.0. The summed E-state index contributed by atoms with van der Waals surface area (Å²) in [6.45, 7) is 11.6. The molecule has 1 saturated carbocycles. The summed E-state index contributed by atoms with van der Waals surface area (Å²) in [5.74, 6) is 0.160. The predicted octanol–water partition coefficient (Wildman–Crippen LogP) is 2.46. The van der Waals surface area contributed by atoms with E-state index in [1.54, 1.807) is 0 Å². The van der Waals surface area contributed by atoms with Gasteiger partial charge in [-0.3, -0.25) is 4.79 Å². The van der Waals surface area contributed by atoms with Crippen molar-refractivity contribution in [3.63, 3.8) is 0 Å². The maximum Gasteiger partial charge on any atom is 0.221 e. The number of nitrogens with one attached hydrogen (secondary N) is 2. The van der Waals surface area contributed by atoms with Crippen LogP contribution in [0, 0.1) is 5.41 Å². The lowest BCUT2D eigenvalue weighted by Gasteiger charge is -2.33. The number of hydrogen-bond donors (Lipinski definition) is 2. The van der Waals surface area contributed by atoms with E-state index in [-0.39, 0.29) is 16.9 Å². The molecule has 0 spiro atoms. The lowest BCUT2D eigenvalue weighted by Crippen LogP contribution is -2.46. The quantitative estimate of drug-likeness (QED) is 0.749. The first kappa shape index (κ1) is 14.5. The third-order valence-electron chi connectivity index (χ3n) is 2.81. The van der Waals surface area contributed by atoms with Crippen LogP contribution in [0.15, 0.2) is 0 Å². The van der Waals surface area contributed by atoms with Crippen LogP contribution >= 0.6 is 0 Å². The fourth-order valence-electron chi connectivity index (χ4n) is 2.49. The Morgan fingerprint density at radius 3 is 2.24 bits per heavy atom. The van der Waals surface area contributed by atoms with Crippen LogP contribution in [0.3, 0.4) is 0 Å². The van der Waals surface area contributed by atoms with Crippen molar-refractivity contribution >= 4 is 5.91 Å². The lowest BCUT2D eigenvalue weighted by molar-refractivity contribution is -0.122. The van der Waals surface area contributed by atoms with Crippen molar-refractivity contribution in [3.8, 4) is 0 Å². The lowest BCUT2D eigenvalue weighted by atomic mass is 9.82. The average molecular weight is 240 g/mol. The molecule has 1 amide bonds. The minimum atomic E-state index is -0.116. The van der Waals surface area contributed by atoms with Gasteiger partial charge in [0, 0.05) is 24.5 Å². The highest BCUT2D eigenvalue weighted by Gasteiger charge is 2.27. The van der Waals surface area contributed by atoms with Crippen LogP contribution in [0.2, 0.25) is 0 Å². The van der Waals surface area contributed by atoms with E-state index in [9.17, 15) is 4.79 Å². The summed E-state index contributed by atoms with van der Waals surface area (Å²) in [5, 5.41) is 6.49. The van der Waals surface area contributed by atoms with E-state index in [1.165, 1.54) is 12.8 Å². The molecule has 1 aliphatic carbocycles. The molecule has 0 radical (unpaired) electrons. The van der Waals surface area contributed by atoms with Crippen LogP contribution in [-0.4, -0.2) is 24.0 Å². The van der Waals surface area contributed by atoms with Gasteiger partial charge in [-0.15, -0.1) is 0 Å². The van der Waals surface area contributed by atoms with E-state index in [1.807, 2.05) is 0 Å². The van der Waals surface area contributed by atoms with Crippen LogP contribution < -0.4 is 10.6 Å². The zero-order chi connectivity index (χ0) is 13.1. The van der Waals surface area contributed by atoms with Crippen LogP contribution in [-0.2, 0) is 4.79 Å².